The number of hydrogen-bond donors (Lipinski definition) is 1. The number of carboxylic acid groups (broad SMARTS) is 1. The van der Waals surface area contributed by atoms with Crippen LogP contribution in [-0.4, -0.2) is 35.9 Å². The van der Waals surface area contributed by atoms with Crippen molar-refractivity contribution in [1.29, 1.82) is 0 Å². The highest BCUT2D eigenvalue weighted by molar-refractivity contribution is 5.86. The van der Waals surface area contributed by atoms with E-state index in [2.05, 4.69) is 15.4 Å². The maximum atomic E-state index is 11.1. The molecule has 0 radical (unpaired) electrons. The lowest BCUT2D eigenvalue weighted by molar-refractivity contribution is 0.0689. The largest absolute Gasteiger partial charge is 0.476 e. The van der Waals surface area contributed by atoms with Crippen molar-refractivity contribution in [1.82, 2.24) is 24.8 Å². The molecule has 7 nitrogen and oxygen atoms in total. The normalized spacial score (nSPS) is 11.2. The lowest BCUT2D eigenvalue weighted by atomic mass is 10.1. The van der Waals surface area contributed by atoms with E-state index in [1.807, 2.05) is 33.2 Å². The smallest absolute Gasteiger partial charge is 0.358 e. The molecule has 0 aromatic carbocycles. The molecule has 2 heterocycles. The van der Waals surface area contributed by atoms with E-state index < -0.39 is 5.97 Å². The van der Waals surface area contributed by atoms with Crippen LogP contribution >= 0.6 is 0 Å². The predicted molar refractivity (Wildman–Crippen MR) is 67.8 cm³/mol. The van der Waals surface area contributed by atoms with Crippen LogP contribution in [0.5, 0.6) is 0 Å². The summed E-state index contributed by atoms with van der Waals surface area (Å²) in [6.07, 6.45) is 2.47. The van der Waals surface area contributed by atoms with Crippen molar-refractivity contribution in [3.63, 3.8) is 0 Å². The van der Waals surface area contributed by atoms with Crippen molar-refractivity contribution in [3.8, 4) is 0 Å². The van der Waals surface area contributed by atoms with Gasteiger partial charge in [0.1, 0.15) is 0 Å². The zero-order valence-electron chi connectivity index (χ0n) is 11.2. The Morgan fingerprint density at radius 2 is 2.21 bits per heavy atom. The van der Waals surface area contributed by atoms with Gasteiger partial charge in [0.05, 0.1) is 17.9 Å². The minimum absolute atomic E-state index is 0.0321. The highest BCUT2D eigenvalue weighted by atomic mass is 16.4. The molecular weight excluding hydrogens is 246 g/mol. The van der Waals surface area contributed by atoms with Gasteiger partial charge in [0, 0.05) is 13.2 Å². The molecule has 0 saturated carbocycles. The zero-order chi connectivity index (χ0) is 14.0. The van der Waals surface area contributed by atoms with Gasteiger partial charge in [-0.2, -0.15) is 5.10 Å². The molecule has 0 saturated heterocycles. The maximum Gasteiger partial charge on any atom is 0.358 e. The molecule has 7 heteroatoms. The Morgan fingerprint density at radius 1 is 1.47 bits per heavy atom. The number of hydrogen-bond acceptors (Lipinski definition) is 4. The van der Waals surface area contributed by atoms with E-state index in [0.717, 1.165) is 5.69 Å². The van der Waals surface area contributed by atoms with Crippen LogP contribution in [0.4, 0.5) is 0 Å². The van der Waals surface area contributed by atoms with E-state index in [1.54, 1.807) is 9.36 Å². The second-order valence-corrected chi connectivity index (χ2v) is 4.93. The average molecular weight is 263 g/mol. The third-order valence-corrected chi connectivity index (χ3v) is 2.72. The summed E-state index contributed by atoms with van der Waals surface area (Å²) >= 11 is 0. The summed E-state index contributed by atoms with van der Waals surface area (Å²) in [7, 11) is 1.84. The molecule has 19 heavy (non-hydrogen) atoms. The molecule has 0 aliphatic carbocycles. The Balaban J connectivity index is 2.31. The first kappa shape index (κ1) is 13.3. The average Bonchev–Trinajstić information content (AvgIpc) is 2.87. The van der Waals surface area contributed by atoms with Gasteiger partial charge in [-0.15, -0.1) is 5.10 Å². The highest BCUT2D eigenvalue weighted by Gasteiger charge is 2.20. The first-order chi connectivity index (χ1) is 8.97. The van der Waals surface area contributed by atoms with Crippen LogP contribution in [0.25, 0.3) is 0 Å². The molecular formula is C12H17N5O2. The van der Waals surface area contributed by atoms with Gasteiger partial charge in [0.25, 0.3) is 0 Å². The second kappa shape index (κ2) is 5.21. The number of nitrogens with zero attached hydrogens (tertiary/aromatic N) is 5. The molecule has 0 atom stereocenters. The second-order valence-electron chi connectivity index (χ2n) is 4.93. The maximum absolute atomic E-state index is 11.1. The molecule has 102 valence electrons. The molecule has 0 aliphatic rings. The molecule has 2 rings (SSSR count). The molecule has 2 aromatic rings. The molecule has 2 aromatic heterocycles. The monoisotopic (exact) mass is 263 g/mol. The predicted octanol–water partition coefficient (Wildman–Crippen LogP) is 0.957. The Labute approximate surface area is 110 Å². The fourth-order valence-corrected chi connectivity index (χ4v) is 1.92. The third kappa shape index (κ3) is 2.98. The number of carbonyl (C=O) groups is 1. The van der Waals surface area contributed by atoms with Gasteiger partial charge in [-0.25, -0.2) is 9.48 Å². The van der Waals surface area contributed by atoms with Gasteiger partial charge in [-0.1, -0.05) is 19.1 Å². The third-order valence-electron chi connectivity index (χ3n) is 2.72. The van der Waals surface area contributed by atoms with E-state index in [4.69, 9.17) is 5.11 Å². The minimum atomic E-state index is -1.04. The van der Waals surface area contributed by atoms with Gasteiger partial charge in [-0.3, -0.25) is 4.68 Å². The van der Waals surface area contributed by atoms with E-state index >= 15 is 0 Å². The standard InChI is InChI=1S/C12H17N5O2/c1-8(2)6-10-11(12(18)19)13-15-17(10)7-9-4-5-16(3)14-9/h4-5,8H,6-7H2,1-3H3,(H,18,19). The van der Waals surface area contributed by atoms with Crippen LogP contribution < -0.4 is 0 Å². The fraction of sp³-hybridized carbons (Fsp3) is 0.500. The van der Waals surface area contributed by atoms with Crippen LogP contribution in [0.2, 0.25) is 0 Å². The van der Waals surface area contributed by atoms with E-state index in [0.29, 0.717) is 24.6 Å². The molecule has 0 amide bonds. The Bertz CT molecular complexity index is 585. The van der Waals surface area contributed by atoms with Gasteiger partial charge < -0.3 is 5.11 Å². The van der Waals surface area contributed by atoms with Crippen molar-refractivity contribution in [2.45, 2.75) is 26.8 Å². The summed E-state index contributed by atoms with van der Waals surface area (Å²) in [5.74, 6) is -0.706. The summed E-state index contributed by atoms with van der Waals surface area (Å²) in [4.78, 5) is 11.1. The van der Waals surface area contributed by atoms with Crippen molar-refractivity contribution in [3.05, 3.63) is 29.3 Å². The SMILES string of the molecule is CC(C)Cc1c(C(=O)O)nnn1Cc1ccn(C)n1. The van der Waals surface area contributed by atoms with Gasteiger partial charge in [-0.05, 0) is 18.4 Å². The van der Waals surface area contributed by atoms with Gasteiger partial charge >= 0.3 is 5.97 Å². The number of rotatable bonds is 5. The Kier molecular flexibility index (Phi) is 3.64. The van der Waals surface area contributed by atoms with Crippen molar-refractivity contribution in [2.24, 2.45) is 13.0 Å². The molecule has 0 bridgehead atoms. The number of aryl methyl sites for hydroxylation is 1. The van der Waals surface area contributed by atoms with E-state index in [1.165, 1.54) is 0 Å². The summed E-state index contributed by atoms with van der Waals surface area (Å²) < 4.78 is 3.32. The molecule has 0 fully saturated rings. The first-order valence-electron chi connectivity index (χ1n) is 6.11. The summed E-state index contributed by atoms with van der Waals surface area (Å²) in [5.41, 5.74) is 1.51. The van der Waals surface area contributed by atoms with Crippen LogP contribution in [0, 0.1) is 5.92 Å². The summed E-state index contributed by atoms with van der Waals surface area (Å²) in [6, 6.07) is 1.88. The Hall–Kier alpha value is -2.18. The molecule has 0 unspecified atom stereocenters. The molecule has 1 N–H and O–H groups in total. The number of aromatic nitrogens is 5. The lowest BCUT2D eigenvalue weighted by Gasteiger charge is -2.07. The van der Waals surface area contributed by atoms with Crippen LogP contribution in [0.1, 0.15) is 35.7 Å². The summed E-state index contributed by atoms with van der Waals surface area (Å²) in [5, 5.41) is 21.1. The van der Waals surface area contributed by atoms with Crippen molar-refractivity contribution >= 4 is 5.97 Å². The van der Waals surface area contributed by atoms with Crippen LogP contribution in [-0.2, 0) is 20.0 Å². The molecule has 0 aliphatic heterocycles. The zero-order valence-corrected chi connectivity index (χ0v) is 11.2. The fourth-order valence-electron chi connectivity index (χ4n) is 1.92. The van der Waals surface area contributed by atoms with E-state index in [9.17, 15) is 4.79 Å². The lowest BCUT2D eigenvalue weighted by Crippen LogP contribution is -2.12. The van der Waals surface area contributed by atoms with E-state index in [-0.39, 0.29) is 5.69 Å². The van der Waals surface area contributed by atoms with Crippen LogP contribution in [0.15, 0.2) is 12.3 Å². The Morgan fingerprint density at radius 3 is 2.74 bits per heavy atom. The summed E-state index contributed by atoms with van der Waals surface area (Å²) in [6.45, 7) is 4.50. The topological polar surface area (TPSA) is 85.8 Å². The van der Waals surface area contributed by atoms with Gasteiger partial charge in [0.15, 0.2) is 5.69 Å². The van der Waals surface area contributed by atoms with Crippen LogP contribution in [0.3, 0.4) is 0 Å². The molecule has 0 spiro atoms. The highest BCUT2D eigenvalue weighted by Crippen LogP contribution is 2.13. The quantitative estimate of drug-likeness (QED) is 0.868. The van der Waals surface area contributed by atoms with Crippen molar-refractivity contribution < 1.29 is 9.90 Å². The van der Waals surface area contributed by atoms with Gasteiger partial charge in [0.2, 0.25) is 0 Å². The number of aromatic carboxylic acids is 1. The first-order valence-corrected chi connectivity index (χ1v) is 6.11. The van der Waals surface area contributed by atoms with Crippen molar-refractivity contribution in [2.75, 3.05) is 0 Å². The minimum Gasteiger partial charge on any atom is -0.476 e. The number of carboxylic acids is 1.